The summed E-state index contributed by atoms with van der Waals surface area (Å²) in [6.45, 7) is 3.25. The molecular weight excluding hydrogens is 188 g/mol. The van der Waals surface area contributed by atoms with Gasteiger partial charge in [-0.05, 0) is 46.4 Å². The summed E-state index contributed by atoms with van der Waals surface area (Å²) in [7, 11) is 4.29. The van der Waals surface area contributed by atoms with Crippen molar-refractivity contribution in [2.45, 2.75) is 31.3 Å². The molecule has 4 nitrogen and oxygen atoms in total. The van der Waals surface area contributed by atoms with Gasteiger partial charge in [-0.15, -0.1) is 0 Å². The molecule has 0 radical (unpaired) electrons. The molecule has 1 saturated heterocycles. The molecule has 1 heterocycles. The molecule has 86 valence electrons. The van der Waals surface area contributed by atoms with Crippen LogP contribution >= 0.6 is 0 Å². The second kappa shape index (κ2) is 6.06. The van der Waals surface area contributed by atoms with Crippen LogP contribution in [0, 0.1) is 11.3 Å². The third-order valence-corrected chi connectivity index (χ3v) is 3.21. The van der Waals surface area contributed by atoms with E-state index in [1.807, 2.05) is 0 Å². The topological polar surface area (TPSA) is 56.3 Å². The quantitative estimate of drug-likeness (QED) is 0.723. The Morgan fingerprint density at radius 2 is 2.07 bits per heavy atom. The number of hydrogen-bond acceptors (Lipinski definition) is 4. The molecule has 0 aromatic rings. The number of nitrogens with zero attached hydrogens (tertiary/aromatic N) is 3. The van der Waals surface area contributed by atoms with Crippen LogP contribution in [0.2, 0.25) is 0 Å². The maximum Gasteiger partial charge on any atom is 0.0940 e. The molecule has 4 heteroatoms. The summed E-state index contributed by atoms with van der Waals surface area (Å²) < 4.78 is 0. The van der Waals surface area contributed by atoms with Crippen LogP contribution in [-0.4, -0.2) is 55.6 Å². The van der Waals surface area contributed by atoms with E-state index in [4.69, 9.17) is 11.0 Å². The summed E-state index contributed by atoms with van der Waals surface area (Å²) in [5, 5.41) is 8.58. The Kier molecular flexibility index (Phi) is 5.03. The van der Waals surface area contributed by atoms with Crippen molar-refractivity contribution >= 4 is 0 Å². The fourth-order valence-electron chi connectivity index (χ4n) is 2.05. The zero-order valence-corrected chi connectivity index (χ0v) is 9.82. The van der Waals surface area contributed by atoms with Crippen molar-refractivity contribution in [3.05, 3.63) is 0 Å². The number of rotatable bonds is 4. The molecule has 1 rings (SSSR count). The first-order valence-corrected chi connectivity index (χ1v) is 5.67. The van der Waals surface area contributed by atoms with Gasteiger partial charge in [-0.3, -0.25) is 0 Å². The molecule has 1 unspecified atom stereocenters. The van der Waals surface area contributed by atoms with E-state index in [2.05, 4.69) is 30.0 Å². The third-order valence-electron chi connectivity index (χ3n) is 3.21. The monoisotopic (exact) mass is 210 g/mol. The predicted octanol–water partition coefficient (Wildman–Crippen LogP) is 0.253. The summed E-state index contributed by atoms with van der Waals surface area (Å²) >= 11 is 0. The lowest BCUT2D eigenvalue weighted by Crippen LogP contribution is -2.43. The lowest BCUT2D eigenvalue weighted by molar-refractivity contribution is 0.143. The van der Waals surface area contributed by atoms with Crippen LogP contribution in [0.3, 0.4) is 0 Å². The van der Waals surface area contributed by atoms with Gasteiger partial charge >= 0.3 is 0 Å². The molecule has 1 aliphatic heterocycles. The Hall–Kier alpha value is -0.630. The van der Waals surface area contributed by atoms with E-state index in [0.29, 0.717) is 0 Å². The zero-order chi connectivity index (χ0) is 11.3. The van der Waals surface area contributed by atoms with E-state index in [1.165, 1.54) is 12.8 Å². The molecule has 15 heavy (non-hydrogen) atoms. The summed E-state index contributed by atoms with van der Waals surface area (Å²) in [6.07, 6.45) is 3.26. The van der Waals surface area contributed by atoms with Gasteiger partial charge in [0.15, 0.2) is 0 Å². The molecule has 0 spiro atoms. The van der Waals surface area contributed by atoms with Crippen LogP contribution in [0.1, 0.15) is 19.3 Å². The van der Waals surface area contributed by atoms with Crippen molar-refractivity contribution in [2.24, 2.45) is 5.73 Å². The van der Waals surface area contributed by atoms with Gasteiger partial charge in [0.25, 0.3) is 0 Å². The number of likely N-dealkylation sites (tertiary alicyclic amines) is 1. The van der Waals surface area contributed by atoms with E-state index >= 15 is 0 Å². The molecule has 0 saturated carbocycles. The van der Waals surface area contributed by atoms with Crippen LogP contribution in [0.4, 0.5) is 0 Å². The smallest absolute Gasteiger partial charge is 0.0940 e. The highest BCUT2D eigenvalue weighted by Gasteiger charge is 2.20. The molecule has 0 bridgehead atoms. The van der Waals surface area contributed by atoms with Crippen LogP contribution in [0.15, 0.2) is 0 Å². The average molecular weight is 210 g/mol. The van der Waals surface area contributed by atoms with Gasteiger partial charge in [-0.25, -0.2) is 0 Å². The molecule has 0 amide bonds. The third kappa shape index (κ3) is 4.17. The fourth-order valence-corrected chi connectivity index (χ4v) is 2.05. The molecule has 2 N–H and O–H groups in total. The lowest BCUT2D eigenvalue weighted by atomic mass is 10.0. The predicted molar refractivity (Wildman–Crippen MR) is 61.4 cm³/mol. The Bertz CT molecular complexity index is 213. The SMILES string of the molecule is CN(C)C1CCN(CCC(N)C#N)CC1. The van der Waals surface area contributed by atoms with Gasteiger partial charge < -0.3 is 15.5 Å². The first-order valence-electron chi connectivity index (χ1n) is 5.67. The van der Waals surface area contributed by atoms with E-state index in [-0.39, 0.29) is 6.04 Å². The summed E-state index contributed by atoms with van der Waals surface area (Å²) in [5.74, 6) is 0. The van der Waals surface area contributed by atoms with Gasteiger partial charge in [0.1, 0.15) is 0 Å². The fraction of sp³-hybridized carbons (Fsp3) is 0.909. The zero-order valence-electron chi connectivity index (χ0n) is 9.82. The molecular formula is C11H22N4. The number of hydrogen-bond donors (Lipinski definition) is 1. The summed E-state index contributed by atoms with van der Waals surface area (Å²) in [6, 6.07) is 2.51. The first-order chi connectivity index (χ1) is 7.13. The Morgan fingerprint density at radius 3 is 2.53 bits per heavy atom. The van der Waals surface area contributed by atoms with Gasteiger partial charge in [-0.2, -0.15) is 5.26 Å². The number of piperidine rings is 1. The Balaban J connectivity index is 2.18. The first kappa shape index (κ1) is 12.4. The molecule has 1 fully saturated rings. The van der Waals surface area contributed by atoms with Crippen LogP contribution in [0.25, 0.3) is 0 Å². The van der Waals surface area contributed by atoms with Crippen molar-refractivity contribution < 1.29 is 0 Å². The van der Waals surface area contributed by atoms with E-state index in [9.17, 15) is 0 Å². The van der Waals surface area contributed by atoms with Gasteiger partial charge in [-0.1, -0.05) is 0 Å². The molecule has 0 aliphatic carbocycles. The Labute approximate surface area is 92.6 Å². The highest BCUT2D eigenvalue weighted by Crippen LogP contribution is 2.14. The van der Waals surface area contributed by atoms with E-state index in [0.717, 1.165) is 32.1 Å². The van der Waals surface area contributed by atoms with Crippen molar-refractivity contribution in [1.29, 1.82) is 5.26 Å². The lowest BCUT2D eigenvalue weighted by Gasteiger charge is -2.35. The molecule has 1 aliphatic rings. The minimum atomic E-state index is -0.295. The minimum Gasteiger partial charge on any atom is -0.316 e. The maximum atomic E-state index is 8.58. The number of nitriles is 1. The maximum absolute atomic E-state index is 8.58. The van der Waals surface area contributed by atoms with E-state index in [1.54, 1.807) is 0 Å². The van der Waals surface area contributed by atoms with Crippen LogP contribution in [0.5, 0.6) is 0 Å². The number of nitrogens with two attached hydrogens (primary N) is 1. The van der Waals surface area contributed by atoms with Crippen LogP contribution in [-0.2, 0) is 0 Å². The minimum absolute atomic E-state index is 0.295. The van der Waals surface area contributed by atoms with Crippen molar-refractivity contribution in [1.82, 2.24) is 9.80 Å². The van der Waals surface area contributed by atoms with Crippen LogP contribution < -0.4 is 5.73 Å². The molecule has 1 atom stereocenters. The molecule has 0 aromatic carbocycles. The average Bonchev–Trinajstić information content (AvgIpc) is 2.26. The summed E-state index contributed by atoms with van der Waals surface area (Å²) in [5.41, 5.74) is 5.57. The largest absolute Gasteiger partial charge is 0.316 e. The highest BCUT2D eigenvalue weighted by molar-refractivity contribution is 4.87. The Morgan fingerprint density at radius 1 is 1.47 bits per heavy atom. The van der Waals surface area contributed by atoms with E-state index < -0.39 is 0 Å². The molecule has 0 aromatic heterocycles. The second-order valence-corrected chi connectivity index (χ2v) is 4.56. The summed E-state index contributed by atoms with van der Waals surface area (Å²) in [4.78, 5) is 4.72. The van der Waals surface area contributed by atoms with Crippen molar-refractivity contribution in [3.63, 3.8) is 0 Å². The highest BCUT2D eigenvalue weighted by atomic mass is 15.2. The van der Waals surface area contributed by atoms with Gasteiger partial charge in [0.2, 0.25) is 0 Å². The van der Waals surface area contributed by atoms with Gasteiger partial charge in [0.05, 0.1) is 12.1 Å². The normalized spacial score (nSPS) is 21.5. The van der Waals surface area contributed by atoms with Crippen molar-refractivity contribution in [3.8, 4) is 6.07 Å². The standard InChI is InChI=1S/C11H22N4/c1-14(2)11-4-7-15(8-5-11)6-3-10(13)9-12/h10-11H,3-8,13H2,1-2H3. The van der Waals surface area contributed by atoms with Gasteiger partial charge in [0, 0.05) is 12.6 Å². The second-order valence-electron chi connectivity index (χ2n) is 4.56. The van der Waals surface area contributed by atoms with Crippen molar-refractivity contribution in [2.75, 3.05) is 33.7 Å².